The zero-order valence-corrected chi connectivity index (χ0v) is 8.23. The number of rotatable bonds is 1. The quantitative estimate of drug-likeness (QED) is 0.669. The van der Waals surface area contributed by atoms with Gasteiger partial charge in [-0.1, -0.05) is 11.6 Å². The zero-order chi connectivity index (χ0) is 9.97. The molecule has 0 aromatic carbocycles. The highest BCUT2D eigenvalue weighted by Gasteiger charge is 2.06. The lowest BCUT2D eigenvalue weighted by Crippen LogP contribution is -1.95. The van der Waals surface area contributed by atoms with Gasteiger partial charge in [0, 0.05) is 6.20 Å². The molecule has 0 saturated carbocycles. The number of hydrogen-bond donors (Lipinski definition) is 0. The van der Waals surface area contributed by atoms with Crippen molar-refractivity contribution in [3.05, 3.63) is 35.6 Å². The first-order valence-electron chi connectivity index (χ1n) is 4.04. The van der Waals surface area contributed by atoms with Gasteiger partial charge in [0.25, 0.3) is 0 Å². The molecule has 4 nitrogen and oxygen atoms in total. The summed E-state index contributed by atoms with van der Waals surface area (Å²) in [5.41, 5.74) is 0.722. The normalized spacial score (nSPS) is 10.1. The average molecular weight is 207 g/mol. The Morgan fingerprint density at radius 3 is 2.79 bits per heavy atom. The molecule has 0 fully saturated rings. The molecule has 0 aliphatic carbocycles. The molecule has 0 amide bonds. The summed E-state index contributed by atoms with van der Waals surface area (Å²) in [6.07, 6.45) is 3.08. The molecule has 2 aromatic heterocycles. The topological polar surface area (TPSA) is 51.6 Å². The van der Waals surface area contributed by atoms with Crippen molar-refractivity contribution in [2.24, 2.45) is 0 Å². The second kappa shape index (κ2) is 3.67. The van der Waals surface area contributed by atoms with E-state index in [1.165, 1.54) is 6.33 Å². The fourth-order valence-corrected chi connectivity index (χ4v) is 1.26. The third-order valence-electron chi connectivity index (χ3n) is 1.69. The molecule has 70 valence electrons. The van der Waals surface area contributed by atoms with Gasteiger partial charge in [-0.3, -0.25) is 0 Å². The fourth-order valence-electron chi connectivity index (χ4n) is 1.06. The van der Waals surface area contributed by atoms with Crippen LogP contribution in [0.2, 0.25) is 5.15 Å². The molecule has 2 aromatic rings. The van der Waals surface area contributed by atoms with Gasteiger partial charge in [-0.25, -0.2) is 19.9 Å². The minimum Gasteiger partial charge on any atom is -0.244 e. The smallest absolute Gasteiger partial charge is 0.166 e. The van der Waals surface area contributed by atoms with Crippen molar-refractivity contribution >= 4 is 11.6 Å². The van der Waals surface area contributed by atoms with Crippen LogP contribution in [0.25, 0.3) is 11.4 Å². The Kier molecular flexibility index (Phi) is 2.37. The number of hydrogen-bond acceptors (Lipinski definition) is 4. The largest absolute Gasteiger partial charge is 0.244 e. The van der Waals surface area contributed by atoms with Gasteiger partial charge >= 0.3 is 0 Å². The summed E-state index contributed by atoms with van der Waals surface area (Å²) in [5, 5.41) is 0.401. The standard InChI is InChI=1S/C9H7ClN4/c1-6-12-5-13-9(14-6)7-3-2-4-11-8(7)10/h2-5H,1H3. The molecule has 14 heavy (non-hydrogen) atoms. The molecule has 2 heterocycles. The Morgan fingerprint density at radius 1 is 1.21 bits per heavy atom. The molecule has 0 spiro atoms. The Morgan fingerprint density at radius 2 is 2.07 bits per heavy atom. The van der Waals surface area contributed by atoms with Crippen molar-refractivity contribution < 1.29 is 0 Å². The van der Waals surface area contributed by atoms with Gasteiger partial charge < -0.3 is 0 Å². The minimum absolute atomic E-state index is 0.401. The Hall–Kier alpha value is -1.55. The van der Waals surface area contributed by atoms with E-state index in [-0.39, 0.29) is 0 Å². The summed E-state index contributed by atoms with van der Waals surface area (Å²) in [5.74, 6) is 1.21. The fraction of sp³-hybridized carbons (Fsp3) is 0.111. The maximum absolute atomic E-state index is 5.90. The molecular weight excluding hydrogens is 200 g/mol. The van der Waals surface area contributed by atoms with Crippen LogP contribution in [0, 0.1) is 6.92 Å². The van der Waals surface area contributed by atoms with Crippen molar-refractivity contribution in [2.45, 2.75) is 6.92 Å². The molecule has 0 aliphatic heterocycles. The molecular formula is C9H7ClN4. The lowest BCUT2D eigenvalue weighted by Gasteiger charge is -2.00. The average Bonchev–Trinajstić information content (AvgIpc) is 2.18. The van der Waals surface area contributed by atoms with Crippen molar-refractivity contribution in [1.29, 1.82) is 0 Å². The van der Waals surface area contributed by atoms with E-state index in [0.29, 0.717) is 16.8 Å². The molecule has 0 N–H and O–H groups in total. The third kappa shape index (κ3) is 1.70. The van der Waals surface area contributed by atoms with Crippen LogP contribution in [0.1, 0.15) is 5.82 Å². The number of pyridine rings is 1. The first-order valence-corrected chi connectivity index (χ1v) is 4.41. The SMILES string of the molecule is Cc1ncnc(-c2cccnc2Cl)n1. The summed E-state index contributed by atoms with van der Waals surface area (Å²) >= 11 is 5.90. The van der Waals surface area contributed by atoms with E-state index in [1.807, 2.05) is 6.07 Å². The summed E-state index contributed by atoms with van der Waals surface area (Å²) in [4.78, 5) is 16.0. The van der Waals surface area contributed by atoms with E-state index in [4.69, 9.17) is 11.6 Å². The number of nitrogens with zero attached hydrogens (tertiary/aromatic N) is 4. The van der Waals surface area contributed by atoms with Gasteiger partial charge in [-0.05, 0) is 19.1 Å². The lowest BCUT2D eigenvalue weighted by atomic mass is 10.3. The van der Waals surface area contributed by atoms with E-state index < -0.39 is 0 Å². The zero-order valence-electron chi connectivity index (χ0n) is 7.48. The van der Waals surface area contributed by atoms with Crippen LogP contribution >= 0.6 is 11.6 Å². The van der Waals surface area contributed by atoms with E-state index in [1.54, 1.807) is 19.2 Å². The van der Waals surface area contributed by atoms with E-state index in [9.17, 15) is 0 Å². The third-order valence-corrected chi connectivity index (χ3v) is 1.99. The predicted molar refractivity (Wildman–Crippen MR) is 52.8 cm³/mol. The second-order valence-electron chi connectivity index (χ2n) is 2.70. The van der Waals surface area contributed by atoms with Crippen molar-refractivity contribution in [3.63, 3.8) is 0 Å². The van der Waals surface area contributed by atoms with Gasteiger partial charge in [0.15, 0.2) is 5.82 Å². The number of aryl methyl sites for hydroxylation is 1. The monoisotopic (exact) mass is 206 g/mol. The van der Waals surface area contributed by atoms with Crippen molar-refractivity contribution in [2.75, 3.05) is 0 Å². The highest BCUT2D eigenvalue weighted by Crippen LogP contribution is 2.21. The summed E-state index contributed by atoms with van der Waals surface area (Å²) in [7, 11) is 0. The minimum atomic E-state index is 0.401. The van der Waals surface area contributed by atoms with E-state index in [0.717, 1.165) is 5.56 Å². The van der Waals surface area contributed by atoms with E-state index >= 15 is 0 Å². The van der Waals surface area contributed by atoms with Crippen LogP contribution in [0.15, 0.2) is 24.7 Å². The summed E-state index contributed by atoms with van der Waals surface area (Å²) < 4.78 is 0. The van der Waals surface area contributed by atoms with Crippen LogP contribution in [-0.4, -0.2) is 19.9 Å². The van der Waals surface area contributed by atoms with Gasteiger partial charge in [0.2, 0.25) is 0 Å². The molecule has 0 saturated heterocycles. The van der Waals surface area contributed by atoms with Crippen LogP contribution in [0.5, 0.6) is 0 Å². The highest BCUT2D eigenvalue weighted by atomic mass is 35.5. The molecule has 5 heteroatoms. The van der Waals surface area contributed by atoms with E-state index in [2.05, 4.69) is 19.9 Å². The maximum Gasteiger partial charge on any atom is 0.166 e. The van der Waals surface area contributed by atoms with Crippen LogP contribution in [-0.2, 0) is 0 Å². The van der Waals surface area contributed by atoms with Crippen LogP contribution in [0.3, 0.4) is 0 Å². The van der Waals surface area contributed by atoms with Crippen LogP contribution < -0.4 is 0 Å². The molecule has 0 unspecified atom stereocenters. The van der Waals surface area contributed by atoms with Gasteiger partial charge in [-0.2, -0.15) is 0 Å². The Balaban J connectivity index is 2.55. The number of halogens is 1. The first-order chi connectivity index (χ1) is 6.77. The highest BCUT2D eigenvalue weighted by molar-refractivity contribution is 6.31. The van der Waals surface area contributed by atoms with Crippen LogP contribution in [0.4, 0.5) is 0 Å². The van der Waals surface area contributed by atoms with Crippen molar-refractivity contribution in [1.82, 2.24) is 19.9 Å². The van der Waals surface area contributed by atoms with Crippen molar-refractivity contribution in [3.8, 4) is 11.4 Å². The summed E-state index contributed by atoms with van der Waals surface area (Å²) in [6.45, 7) is 1.80. The molecule has 0 bridgehead atoms. The molecule has 0 radical (unpaired) electrons. The predicted octanol–water partition coefficient (Wildman–Crippen LogP) is 1.90. The first kappa shape index (κ1) is 9.02. The summed E-state index contributed by atoms with van der Waals surface area (Å²) in [6, 6.07) is 3.62. The van der Waals surface area contributed by atoms with Gasteiger partial charge in [0.1, 0.15) is 17.3 Å². The number of aromatic nitrogens is 4. The second-order valence-corrected chi connectivity index (χ2v) is 3.06. The Bertz CT molecular complexity index is 458. The lowest BCUT2D eigenvalue weighted by molar-refractivity contribution is 0.981. The Labute approximate surface area is 86.0 Å². The molecule has 0 aliphatic rings. The van der Waals surface area contributed by atoms with Gasteiger partial charge in [-0.15, -0.1) is 0 Å². The molecule has 2 rings (SSSR count). The van der Waals surface area contributed by atoms with Gasteiger partial charge in [0.05, 0.1) is 5.56 Å². The maximum atomic E-state index is 5.90. The molecule has 0 atom stereocenters.